The molecule has 1 saturated heterocycles. The van der Waals surface area contributed by atoms with E-state index in [4.69, 9.17) is 0 Å². The molecule has 0 aliphatic carbocycles. The third-order valence-corrected chi connectivity index (χ3v) is 4.80. The summed E-state index contributed by atoms with van der Waals surface area (Å²) in [6.45, 7) is 5.39. The van der Waals surface area contributed by atoms with Crippen LogP contribution in [0.15, 0.2) is 42.7 Å². The van der Waals surface area contributed by atoms with Crippen molar-refractivity contribution in [1.29, 1.82) is 0 Å². The van der Waals surface area contributed by atoms with Crippen LogP contribution in [0.1, 0.15) is 17.5 Å². The zero-order valence-corrected chi connectivity index (χ0v) is 14.9. The van der Waals surface area contributed by atoms with E-state index < -0.39 is 0 Å². The summed E-state index contributed by atoms with van der Waals surface area (Å²) in [5, 5.41) is 11.0. The van der Waals surface area contributed by atoms with E-state index in [0.29, 0.717) is 6.54 Å². The van der Waals surface area contributed by atoms with Gasteiger partial charge >= 0.3 is 6.03 Å². The number of likely N-dealkylation sites (tertiary alicyclic amines) is 1. The van der Waals surface area contributed by atoms with Crippen molar-refractivity contribution in [2.24, 2.45) is 0 Å². The Kier molecular flexibility index (Phi) is 4.20. The summed E-state index contributed by atoms with van der Waals surface area (Å²) in [4.78, 5) is 18.7. The molecule has 0 bridgehead atoms. The van der Waals surface area contributed by atoms with Crippen molar-refractivity contribution < 1.29 is 4.79 Å². The highest BCUT2D eigenvalue weighted by molar-refractivity contribution is 5.91. The Bertz CT molecular complexity index is 930. The first-order valence-electron chi connectivity index (χ1n) is 8.79. The van der Waals surface area contributed by atoms with Crippen LogP contribution in [0.4, 0.5) is 16.3 Å². The average Bonchev–Trinajstić information content (AvgIpc) is 3.27. The molecule has 1 aromatic carbocycles. The number of carbonyl (C=O) groups excluding carboxylic acids is 1. The number of benzene rings is 1. The van der Waals surface area contributed by atoms with Gasteiger partial charge in [-0.25, -0.2) is 14.3 Å². The van der Waals surface area contributed by atoms with Crippen molar-refractivity contribution in [2.75, 3.05) is 23.7 Å². The molecular formula is C19H22N6O. The molecule has 3 heterocycles. The van der Waals surface area contributed by atoms with Gasteiger partial charge in [0.05, 0.1) is 0 Å². The largest absolute Gasteiger partial charge is 0.364 e. The molecule has 4 rings (SSSR count). The van der Waals surface area contributed by atoms with Gasteiger partial charge in [-0.1, -0.05) is 18.2 Å². The van der Waals surface area contributed by atoms with Gasteiger partial charge in [0.25, 0.3) is 0 Å². The molecule has 1 atom stereocenters. The summed E-state index contributed by atoms with van der Waals surface area (Å²) in [7, 11) is 0. The lowest BCUT2D eigenvalue weighted by Crippen LogP contribution is -2.35. The normalized spacial score (nSPS) is 16.8. The predicted molar refractivity (Wildman–Crippen MR) is 102 cm³/mol. The maximum Gasteiger partial charge on any atom is 0.321 e. The summed E-state index contributed by atoms with van der Waals surface area (Å²) in [6.07, 6.45) is 4.44. The van der Waals surface area contributed by atoms with Gasteiger partial charge in [0.15, 0.2) is 5.65 Å². The highest BCUT2D eigenvalue weighted by Gasteiger charge is 2.27. The molecule has 26 heavy (non-hydrogen) atoms. The Balaban J connectivity index is 1.39. The number of carbonyl (C=O) groups is 1. The number of hydrogen-bond donors (Lipinski definition) is 2. The van der Waals surface area contributed by atoms with Gasteiger partial charge in [-0.2, -0.15) is 0 Å². The van der Waals surface area contributed by atoms with Gasteiger partial charge in [-0.05, 0) is 43.5 Å². The lowest BCUT2D eigenvalue weighted by molar-refractivity contribution is 0.222. The van der Waals surface area contributed by atoms with Crippen molar-refractivity contribution in [3.8, 4) is 0 Å². The first-order chi connectivity index (χ1) is 12.6. The number of anilines is 2. The van der Waals surface area contributed by atoms with E-state index >= 15 is 0 Å². The summed E-state index contributed by atoms with van der Waals surface area (Å²) in [6, 6.07) is 10.00. The fraction of sp³-hybridized carbons (Fsp3) is 0.316. The Morgan fingerprint density at radius 2 is 2.00 bits per heavy atom. The smallest absolute Gasteiger partial charge is 0.321 e. The fourth-order valence-electron chi connectivity index (χ4n) is 3.36. The van der Waals surface area contributed by atoms with Crippen molar-refractivity contribution in [3.63, 3.8) is 0 Å². The SMILES string of the molecule is Cc1cccc(C)c1NC(=O)N1CCC(Nc2ccc3nccn3n2)C1. The van der Waals surface area contributed by atoms with E-state index in [9.17, 15) is 4.79 Å². The Hall–Kier alpha value is -3.09. The maximum atomic E-state index is 12.6. The van der Waals surface area contributed by atoms with Crippen LogP contribution in [-0.2, 0) is 0 Å². The molecule has 2 N–H and O–H groups in total. The van der Waals surface area contributed by atoms with Gasteiger partial charge in [0, 0.05) is 37.2 Å². The second-order valence-electron chi connectivity index (χ2n) is 6.72. The summed E-state index contributed by atoms with van der Waals surface area (Å²) >= 11 is 0. The Labute approximate surface area is 152 Å². The number of rotatable bonds is 3. The molecule has 1 aliphatic heterocycles. The lowest BCUT2D eigenvalue weighted by atomic mass is 10.1. The highest BCUT2D eigenvalue weighted by Crippen LogP contribution is 2.21. The minimum absolute atomic E-state index is 0.0512. The molecule has 1 fully saturated rings. The number of hydrogen-bond acceptors (Lipinski definition) is 4. The quantitative estimate of drug-likeness (QED) is 0.761. The van der Waals surface area contributed by atoms with Crippen LogP contribution in [0, 0.1) is 13.8 Å². The van der Waals surface area contributed by atoms with Crippen molar-refractivity contribution in [2.45, 2.75) is 26.3 Å². The van der Waals surface area contributed by atoms with Crippen LogP contribution in [0.25, 0.3) is 5.65 Å². The minimum Gasteiger partial charge on any atom is -0.364 e. The maximum absolute atomic E-state index is 12.6. The number of fused-ring (bicyclic) bond motifs is 1. The van der Waals surface area contributed by atoms with Crippen molar-refractivity contribution in [3.05, 3.63) is 53.9 Å². The van der Waals surface area contributed by atoms with Crippen molar-refractivity contribution in [1.82, 2.24) is 19.5 Å². The summed E-state index contributed by atoms with van der Waals surface area (Å²) in [5.41, 5.74) is 3.87. The molecule has 0 radical (unpaired) electrons. The van der Waals surface area contributed by atoms with Gasteiger partial charge in [-0.15, -0.1) is 5.10 Å². The topological polar surface area (TPSA) is 74.6 Å². The average molecular weight is 350 g/mol. The Morgan fingerprint density at radius 1 is 1.19 bits per heavy atom. The molecule has 134 valence electrons. The third-order valence-electron chi connectivity index (χ3n) is 4.80. The molecule has 0 saturated carbocycles. The van der Waals surface area contributed by atoms with Crippen LogP contribution >= 0.6 is 0 Å². The lowest BCUT2D eigenvalue weighted by Gasteiger charge is -2.20. The van der Waals surface area contributed by atoms with Crippen LogP contribution in [0.3, 0.4) is 0 Å². The summed E-state index contributed by atoms with van der Waals surface area (Å²) < 4.78 is 1.74. The van der Waals surface area contributed by atoms with Crippen LogP contribution in [0.2, 0.25) is 0 Å². The highest BCUT2D eigenvalue weighted by atomic mass is 16.2. The van der Waals surface area contributed by atoms with E-state index in [1.807, 2.05) is 55.3 Å². The van der Waals surface area contributed by atoms with Crippen LogP contribution < -0.4 is 10.6 Å². The van der Waals surface area contributed by atoms with Crippen LogP contribution in [0.5, 0.6) is 0 Å². The van der Waals surface area contributed by atoms with E-state index in [-0.39, 0.29) is 12.1 Å². The third kappa shape index (κ3) is 3.20. The number of aromatic nitrogens is 3. The second-order valence-corrected chi connectivity index (χ2v) is 6.72. The second kappa shape index (κ2) is 6.67. The van der Waals surface area contributed by atoms with E-state index in [2.05, 4.69) is 20.7 Å². The molecule has 2 amide bonds. The number of imidazole rings is 1. The number of nitrogens with zero attached hydrogens (tertiary/aromatic N) is 4. The fourth-order valence-corrected chi connectivity index (χ4v) is 3.36. The number of para-hydroxylation sites is 1. The molecule has 7 nitrogen and oxygen atoms in total. The summed E-state index contributed by atoms with van der Waals surface area (Å²) in [5.74, 6) is 0.789. The molecule has 2 aromatic heterocycles. The number of amides is 2. The standard InChI is InChI=1S/C19H22N6O/c1-13-4-3-5-14(2)18(13)22-19(26)24-10-8-15(12-24)21-16-6-7-17-20-9-11-25(17)23-16/h3-7,9,11,15H,8,10,12H2,1-2H3,(H,21,23)(H,22,26). The van der Waals surface area contributed by atoms with Gasteiger partial charge < -0.3 is 15.5 Å². The number of urea groups is 1. The first kappa shape index (κ1) is 16.4. The zero-order valence-electron chi connectivity index (χ0n) is 14.9. The number of aryl methyl sites for hydroxylation is 2. The van der Waals surface area contributed by atoms with E-state index in [1.54, 1.807) is 10.7 Å². The number of nitrogens with one attached hydrogen (secondary N) is 2. The van der Waals surface area contributed by atoms with E-state index in [0.717, 1.165) is 41.2 Å². The van der Waals surface area contributed by atoms with E-state index in [1.165, 1.54) is 0 Å². The van der Waals surface area contributed by atoms with Gasteiger partial charge in [0.2, 0.25) is 0 Å². The molecule has 7 heteroatoms. The Morgan fingerprint density at radius 3 is 2.81 bits per heavy atom. The zero-order chi connectivity index (χ0) is 18.1. The molecule has 3 aromatic rings. The molecular weight excluding hydrogens is 328 g/mol. The molecule has 1 unspecified atom stereocenters. The van der Waals surface area contributed by atoms with Crippen molar-refractivity contribution >= 4 is 23.2 Å². The predicted octanol–water partition coefficient (Wildman–Crippen LogP) is 3.06. The van der Waals surface area contributed by atoms with Crippen LogP contribution in [-0.4, -0.2) is 44.7 Å². The molecule has 1 aliphatic rings. The molecule has 0 spiro atoms. The minimum atomic E-state index is -0.0512. The van der Waals surface area contributed by atoms with Gasteiger partial charge in [-0.3, -0.25) is 0 Å². The van der Waals surface area contributed by atoms with Gasteiger partial charge in [0.1, 0.15) is 5.82 Å². The monoisotopic (exact) mass is 350 g/mol. The first-order valence-corrected chi connectivity index (χ1v) is 8.79.